The lowest BCUT2D eigenvalue weighted by atomic mass is 10.1. The van der Waals surface area contributed by atoms with Crippen LogP contribution in [0.25, 0.3) is 11.5 Å². The number of hydrogen-bond donors (Lipinski definition) is 2. The number of anilines is 1. The lowest BCUT2D eigenvalue weighted by Crippen LogP contribution is -2.33. The highest BCUT2D eigenvalue weighted by molar-refractivity contribution is 5.94. The molecule has 0 saturated heterocycles. The summed E-state index contributed by atoms with van der Waals surface area (Å²) < 4.78 is 5.37. The van der Waals surface area contributed by atoms with Crippen LogP contribution < -0.4 is 10.6 Å². The highest BCUT2D eigenvalue weighted by Gasteiger charge is 2.14. The van der Waals surface area contributed by atoms with Gasteiger partial charge in [-0.2, -0.15) is 4.98 Å². The van der Waals surface area contributed by atoms with E-state index in [9.17, 15) is 9.59 Å². The fourth-order valence-corrected chi connectivity index (χ4v) is 3.31. The number of nitrogens with zero attached hydrogens (tertiary/aromatic N) is 4. The molecule has 9 heteroatoms. The number of rotatable bonds is 8. The number of pyridine rings is 1. The minimum atomic E-state index is -0.208. The van der Waals surface area contributed by atoms with Crippen molar-refractivity contribution in [2.45, 2.75) is 19.9 Å². The zero-order valence-corrected chi connectivity index (χ0v) is 19.6. The van der Waals surface area contributed by atoms with E-state index in [2.05, 4.69) is 25.8 Å². The van der Waals surface area contributed by atoms with Gasteiger partial charge in [0.1, 0.15) is 0 Å². The van der Waals surface area contributed by atoms with Gasteiger partial charge in [-0.1, -0.05) is 29.4 Å². The zero-order chi connectivity index (χ0) is 24.6. The van der Waals surface area contributed by atoms with E-state index in [1.165, 1.54) is 0 Å². The molecular formula is C26H26N6O3. The summed E-state index contributed by atoms with van der Waals surface area (Å²) in [6.45, 7) is 2.72. The summed E-state index contributed by atoms with van der Waals surface area (Å²) in [4.78, 5) is 35.0. The predicted molar refractivity (Wildman–Crippen MR) is 132 cm³/mol. The minimum Gasteiger partial charge on any atom is -0.346 e. The summed E-state index contributed by atoms with van der Waals surface area (Å²) in [5.41, 5.74) is 3.78. The lowest BCUT2D eigenvalue weighted by molar-refractivity contribution is 0.0950. The van der Waals surface area contributed by atoms with Gasteiger partial charge in [0.25, 0.3) is 11.8 Å². The van der Waals surface area contributed by atoms with Crippen LogP contribution >= 0.6 is 0 Å². The first kappa shape index (κ1) is 23.6. The van der Waals surface area contributed by atoms with Crippen LogP contribution in [0.1, 0.15) is 27.4 Å². The van der Waals surface area contributed by atoms with E-state index in [1.807, 2.05) is 49.4 Å². The van der Waals surface area contributed by atoms with Gasteiger partial charge in [-0.15, -0.1) is 0 Å². The standard InChI is InChI=1S/C26H26N6O3/c1-18-7-3-4-9-22(18)29-26(34)32(2)16-14-23-30-25(35-31-23)20-12-10-19(11-13-20)24(33)28-17-21-8-5-6-15-27-21/h3-13,15H,14,16-17H2,1-2H3,(H,28,33)(H,29,34). The number of hydrogen-bond acceptors (Lipinski definition) is 6. The van der Waals surface area contributed by atoms with Crippen LogP contribution in [0.15, 0.2) is 77.4 Å². The maximum absolute atomic E-state index is 12.4. The zero-order valence-electron chi connectivity index (χ0n) is 19.6. The summed E-state index contributed by atoms with van der Waals surface area (Å²) in [6, 6.07) is 19.9. The highest BCUT2D eigenvalue weighted by Crippen LogP contribution is 2.18. The van der Waals surface area contributed by atoms with E-state index < -0.39 is 0 Å². The Morgan fingerprint density at radius 2 is 1.77 bits per heavy atom. The van der Waals surface area contributed by atoms with Crippen molar-refractivity contribution in [3.05, 3.63) is 95.6 Å². The van der Waals surface area contributed by atoms with Crippen LogP contribution in [0.3, 0.4) is 0 Å². The average molecular weight is 471 g/mol. The summed E-state index contributed by atoms with van der Waals surface area (Å²) in [5.74, 6) is 0.653. The Labute approximate surface area is 203 Å². The van der Waals surface area contributed by atoms with Crippen molar-refractivity contribution in [3.8, 4) is 11.5 Å². The molecule has 9 nitrogen and oxygen atoms in total. The number of carbonyl (C=O) groups is 2. The van der Waals surface area contributed by atoms with Gasteiger partial charge in [0.05, 0.1) is 12.2 Å². The van der Waals surface area contributed by atoms with Crippen molar-refractivity contribution in [1.82, 2.24) is 25.3 Å². The van der Waals surface area contributed by atoms with Gasteiger partial charge in [0, 0.05) is 43.0 Å². The van der Waals surface area contributed by atoms with Crippen molar-refractivity contribution in [2.24, 2.45) is 0 Å². The first-order valence-electron chi connectivity index (χ1n) is 11.2. The molecule has 3 amide bonds. The monoisotopic (exact) mass is 470 g/mol. The van der Waals surface area contributed by atoms with Gasteiger partial charge in [0.15, 0.2) is 5.82 Å². The molecular weight excluding hydrogens is 444 g/mol. The van der Waals surface area contributed by atoms with E-state index in [1.54, 1.807) is 42.4 Å². The SMILES string of the molecule is Cc1ccccc1NC(=O)N(C)CCc1noc(-c2ccc(C(=O)NCc3ccccn3)cc2)n1. The Bertz CT molecular complexity index is 1290. The Hall–Kier alpha value is -4.53. The number of carbonyl (C=O) groups excluding carboxylic acids is 2. The highest BCUT2D eigenvalue weighted by atomic mass is 16.5. The molecule has 0 spiro atoms. The minimum absolute atomic E-state index is 0.194. The Morgan fingerprint density at radius 1 is 1.00 bits per heavy atom. The Morgan fingerprint density at radius 3 is 2.51 bits per heavy atom. The largest absolute Gasteiger partial charge is 0.346 e. The molecule has 4 aromatic rings. The van der Waals surface area contributed by atoms with E-state index >= 15 is 0 Å². The van der Waals surface area contributed by atoms with Crippen molar-refractivity contribution in [1.29, 1.82) is 0 Å². The maximum atomic E-state index is 12.4. The Kier molecular flexibility index (Phi) is 7.47. The summed E-state index contributed by atoms with van der Waals surface area (Å²) >= 11 is 0. The topological polar surface area (TPSA) is 113 Å². The molecule has 2 N–H and O–H groups in total. The van der Waals surface area contributed by atoms with Crippen molar-refractivity contribution in [2.75, 3.05) is 18.9 Å². The molecule has 0 saturated carbocycles. The van der Waals surface area contributed by atoms with E-state index in [4.69, 9.17) is 4.52 Å². The summed E-state index contributed by atoms with van der Waals surface area (Å²) in [6.07, 6.45) is 2.13. The molecule has 2 heterocycles. The van der Waals surface area contributed by atoms with Crippen molar-refractivity contribution in [3.63, 3.8) is 0 Å². The van der Waals surface area contributed by atoms with E-state index in [-0.39, 0.29) is 11.9 Å². The van der Waals surface area contributed by atoms with Crippen LogP contribution in [0.5, 0.6) is 0 Å². The van der Waals surface area contributed by atoms with Crippen molar-refractivity contribution < 1.29 is 14.1 Å². The van der Waals surface area contributed by atoms with E-state index in [0.717, 1.165) is 16.9 Å². The van der Waals surface area contributed by atoms with Crippen LogP contribution in [0, 0.1) is 6.92 Å². The van der Waals surface area contributed by atoms with Crippen LogP contribution in [-0.4, -0.2) is 45.6 Å². The fourth-order valence-electron chi connectivity index (χ4n) is 3.31. The second kappa shape index (κ2) is 11.1. The quantitative estimate of drug-likeness (QED) is 0.401. The van der Waals surface area contributed by atoms with E-state index in [0.29, 0.717) is 42.4 Å². The molecule has 0 bridgehead atoms. The molecule has 4 rings (SSSR count). The normalized spacial score (nSPS) is 10.6. The summed E-state index contributed by atoms with van der Waals surface area (Å²) in [5, 5.41) is 9.75. The van der Waals surface area contributed by atoms with Gasteiger partial charge in [-0.25, -0.2) is 4.79 Å². The third-order valence-electron chi connectivity index (χ3n) is 5.42. The molecule has 0 aliphatic carbocycles. The molecule has 2 aromatic heterocycles. The van der Waals surface area contributed by atoms with Gasteiger partial charge in [0.2, 0.25) is 0 Å². The third-order valence-corrected chi connectivity index (χ3v) is 5.42. The van der Waals surface area contributed by atoms with Crippen LogP contribution in [0.2, 0.25) is 0 Å². The maximum Gasteiger partial charge on any atom is 0.321 e. The van der Waals surface area contributed by atoms with Gasteiger partial charge < -0.3 is 20.1 Å². The smallest absolute Gasteiger partial charge is 0.321 e. The van der Waals surface area contributed by atoms with Gasteiger partial charge >= 0.3 is 6.03 Å². The number of urea groups is 1. The average Bonchev–Trinajstić information content (AvgIpc) is 3.37. The number of benzene rings is 2. The molecule has 0 radical (unpaired) electrons. The summed E-state index contributed by atoms with van der Waals surface area (Å²) in [7, 11) is 1.71. The molecule has 0 fully saturated rings. The second-order valence-electron chi connectivity index (χ2n) is 8.01. The van der Waals surface area contributed by atoms with Crippen molar-refractivity contribution >= 4 is 17.6 Å². The number of aryl methyl sites for hydroxylation is 1. The first-order valence-corrected chi connectivity index (χ1v) is 11.2. The number of likely N-dealkylation sites (N-methyl/N-ethyl adjacent to an activating group) is 1. The molecule has 178 valence electrons. The van der Waals surface area contributed by atoms with Crippen LogP contribution in [-0.2, 0) is 13.0 Å². The van der Waals surface area contributed by atoms with Gasteiger partial charge in [-0.3, -0.25) is 9.78 Å². The molecule has 0 unspecified atom stereocenters. The fraction of sp³-hybridized carbons (Fsp3) is 0.192. The Balaban J connectivity index is 1.29. The van der Waals surface area contributed by atoms with Gasteiger partial charge in [-0.05, 0) is 55.0 Å². The molecule has 0 aliphatic heterocycles. The third kappa shape index (κ3) is 6.29. The predicted octanol–water partition coefficient (Wildman–Crippen LogP) is 4.08. The van der Waals surface area contributed by atoms with Crippen LogP contribution in [0.4, 0.5) is 10.5 Å². The molecule has 0 aliphatic rings. The number of aromatic nitrogens is 3. The lowest BCUT2D eigenvalue weighted by Gasteiger charge is -2.18. The second-order valence-corrected chi connectivity index (χ2v) is 8.01. The number of para-hydroxylation sites is 1. The molecule has 2 aromatic carbocycles. The molecule has 0 atom stereocenters. The number of amides is 3. The molecule has 35 heavy (non-hydrogen) atoms. The number of nitrogens with one attached hydrogen (secondary N) is 2. The first-order chi connectivity index (χ1) is 17.0.